The van der Waals surface area contributed by atoms with Crippen LogP contribution >= 0.6 is 11.3 Å². The highest BCUT2D eigenvalue weighted by Gasteiger charge is 2.36. The van der Waals surface area contributed by atoms with Crippen LogP contribution in [0.4, 0.5) is 4.39 Å². The van der Waals surface area contributed by atoms with Gasteiger partial charge in [-0.2, -0.15) is 9.30 Å². The molecule has 1 aromatic heterocycles. The first kappa shape index (κ1) is 19.6. The number of halogens is 1. The molecular weight excluding hydrogens is 397 g/mol. The molecule has 27 heavy (non-hydrogen) atoms. The molecule has 0 bridgehead atoms. The number of ether oxygens (including phenoxy) is 1. The number of rotatable bonds is 4. The fourth-order valence-corrected chi connectivity index (χ4v) is 5.21. The Morgan fingerprint density at radius 2 is 2.15 bits per heavy atom. The van der Waals surface area contributed by atoms with Crippen molar-refractivity contribution in [3.05, 3.63) is 28.8 Å². The van der Waals surface area contributed by atoms with Gasteiger partial charge in [-0.15, -0.1) is 0 Å². The van der Waals surface area contributed by atoms with Crippen molar-refractivity contribution in [2.45, 2.75) is 25.4 Å². The van der Waals surface area contributed by atoms with Crippen LogP contribution in [0.1, 0.15) is 12.8 Å². The third-order valence-electron chi connectivity index (χ3n) is 4.28. The second-order valence-electron chi connectivity index (χ2n) is 6.14. The van der Waals surface area contributed by atoms with Crippen LogP contribution in [0, 0.1) is 5.82 Å². The molecule has 1 aliphatic heterocycles. The van der Waals surface area contributed by atoms with Gasteiger partial charge in [0.1, 0.15) is 18.4 Å². The van der Waals surface area contributed by atoms with Gasteiger partial charge in [-0.25, -0.2) is 12.8 Å². The van der Waals surface area contributed by atoms with Crippen LogP contribution in [0.15, 0.2) is 23.2 Å². The van der Waals surface area contributed by atoms with Crippen LogP contribution in [-0.2, 0) is 30.9 Å². The topological polar surface area (TPSA) is 98.0 Å². The van der Waals surface area contributed by atoms with E-state index in [-0.39, 0.29) is 17.9 Å². The van der Waals surface area contributed by atoms with Crippen LogP contribution in [0.25, 0.3) is 10.2 Å². The summed E-state index contributed by atoms with van der Waals surface area (Å²) in [5.74, 6) is -1.61. The van der Waals surface area contributed by atoms with Crippen LogP contribution in [0.2, 0.25) is 0 Å². The van der Waals surface area contributed by atoms with E-state index < -0.39 is 33.8 Å². The summed E-state index contributed by atoms with van der Waals surface area (Å²) in [7, 11) is -2.29. The quantitative estimate of drug-likeness (QED) is 0.690. The van der Waals surface area contributed by atoms with Gasteiger partial charge in [0.05, 0.1) is 23.6 Å². The summed E-state index contributed by atoms with van der Waals surface area (Å²) in [6, 6.07) is 3.16. The largest absolute Gasteiger partial charge is 0.468 e. The van der Waals surface area contributed by atoms with E-state index in [9.17, 15) is 22.4 Å². The Balaban J connectivity index is 2.08. The van der Waals surface area contributed by atoms with Gasteiger partial charge >= 0.3 is 5.97 Å². The predicted molar refractivity (Wildman–Crippen MR) is 96.9 cm³/mol. The summed E-state index contributed by atoms with van der Waals surface area (Å²) in [5.41, 5.74) is 0.532. The van der Waals surface area contributed by atoms with Gasteiger partial charge in [0.25, 0.3) is 5.91 Å². The molecule has 1 fully saturated rings. The number of hydrogen-bond acceptors (Lipinski definition) is 6. The lowest BCUT2D eigenvalue weighted by Gasteiger charge is -2.18. The van der Waals surface area contributed by atoms with Crippen molar-refractivity contribution in [1.29, 1.82) is 0 Å². The Bertz CT molecular complexity index is 1070. The number of hydrogen-bond donors (Lipinski definition) is 0. The molecule has 2 aromatic rings. The van der Waals surface area contributed by atoms with Gasteiger partial charge in [-0.05, 0) is 31.0 Å². The minimum absolute atomic E-state index is 0.186. The molecule has 1 aliphatic rings. The molecule has 1 amide bonds. The van der Waals surface area contributed by atoms with Crippen molar-refractivity contribution in [3.63, 3.8) is 0 Å². The van der Waals surface area contributed by atoms with Crippen molar-refractivity contribution in [2.24, 2.45) is 4.99 Å². The number of sulfonamides is 1. The molecule has 3 rings (SSSR count). The smallest absolute Gasteiger partial charge is 0.325 e. The molecule has 0 saturated carbocycles. The van der Waals surface area contributed by atoms with Gasteiger partial charge in [0.15, 0.2) is 4.80 Å². The number of nitrogens with zero attached hydrogens (tertiary/aromatic N) is 3. The van der Waals surface area contributed by atoms with Crippen molar-refractivity contribution < 1.29 is 27.1 Å². The van der Waals surface area contributed by atoms with Crippen LogP contribution in [0.5, 0.6) is 0 Å². The normalized spacial score (nSPS) is 18.9. The first-order valence-electron chi connectivity index (χ1n) is 8.12. The van der Waals surface area contributed by atoms with E-state index in [1.807, 2.05) is 0 Å². The van der Waals surface area contributed by atoms with Gasteiger partial charge < -0.3 is 9.30 Å². The van der Waals surface area contributed by atoms with Crippen molar-refractivity contribution in [1.82, 2.24) is 8.87 Å². The second-order valence-corrected chi connectivity index (χ2v) is 9.08. The fraction of sp³-hybridized carbons (Fsp3) is 0.438. The summed E-state index contributed by atoms with van der Waals surface area (Å²) in [6.07, 6.45) is 2.00. The Kier molecular flexibility index (Phi) is 5.45. The van der Waals surface area contributed by atoms with E-state index in [0.717, 1.165) is 21.9 Å². The first-order chi connectivity index (χ1) is 12.7. The van der Waals surface area contributed by atoms with Crippen LogP contribution in [0.3, 0.4) is 0 Å². The van der Waals surface area contributed by atoms with E-state index >= 15 is 0 Å². The standard InChI is InChI=1S/C16H18FN3O5S2/c1-25-14(21)9-19-11-6-5-10(17)8-13(11)26-16(19)18-15(22)12-4-3-7-20(12)27(2,23)24/h5-6,8,12H,3-4,7,9H2,1-2H3. The number of esters is 1. The molecular formula is C16H18FN3O5S2. The van der Waals surface area contributed by atoms with Crippen molar-refractivity contribution >= 4 is 43.5 Å². The molecule has 1 saturated heterocycles. The molecule has 1 atom stereocenters. The molecule has 8 nitrogen and oxygen atoms in total. The van der Waals surface area contributed by atoms with E-state index in [1.165, 1.54) is 29.9 Å². The number of thiazole rings is 1. The Hall–Kier alpha value is -2.11. The number of amides is 1. The van der Waals surface area contributed by atoms with Crippen molar-refractivity contribution in [2.75, 3.05) is 19.9 Å². The zero-order valence-corrected chi connectivity index (χ0v) is 16.3. The van der Waals surface area contributed by atoms with Gasteiger partial charge in [0.2, 0.25) is 10.0 Å². The summed E-state index contributed by atoms with van der Waals surface area (Å²) in [5, 5.41) is 0. The fourth-order valence-electron chi connectivity index (χ4n) is 3.03. The van der Waals surface area contributed by atoms with E-state index in [1.54, 1.807) is 0 Å². The molecule has 1 aromatic carbocycles. The number of aromatic nitrogens is 1. The molecule has 0 spiro atoms. The maximum Gasteiger partial charge on any atom is 0.325 e. The average Bonchev–Trinajstić information content (AvgIpc) is 3.20. The highest BCUT2D eigenvalue weighted by molar-refractivity contribution is 7.88. The highest BCUT2D eigenvalue weighted by Crippen LogP contribution is 2.22. The van der Waals surface area contributed by atoms with E-state index in [2.05, 4.69) is 9.73 Å². The maximum atomic E-state index is 13.5. The van der Waals surface area contributed by atoms with E-state index in [4.69, 9.17) is 0 Å². The number of benzene rings is 1. The molecule has 146 valence electrons. The van der Waals surface area contributed by atoms with Gasteiger partial charge in [-0.3, -0.25) is 9.59 Å². The maximum absolute atomic E-state index is 13.5. The first-order valence-corrected chi connectivity index (χ1v) is 10.8. The van der Waals surface area contributed by atoms with Gasteiger partial charge in [0, 0.05) is 6.54 Å². The number of methoxy groups -OCH3 is 1. The molecule has 0 radical (unpaired) electrons. The second kappa shape index (κ2) is 7.49. The van der Waals surface area contributed by atoms with Crippen LogP contribution < -0.4 is 4.80 Å². The third-order valence-corrected chi connectivity index (χ3v) is 6.61. The Labute approximate surface area is 158 Å². The predicted octanol–water partition coefficient (Wildman–Crippen LogP) is 0.866. The minimum Gasteiger partial charge on any atom is -0.468 e. The SMILES string of the molecule is COC(=O)Cn1c(=NC(=O)C2CCCN2S(C)(=O)=O)sc2cc(F)ccc21. The number of carbonyl (C=O) groups is 2. The Morgan fingerprint density at radius 1 is 1.41 bits per heavy atom. The molecule has 0 aliphatic carbocycles. The molecule has 2 heterocycles. The zero-order chi connectivity index (χ0) is 19.8. The van der Waals surface area contributed by atoms with Gasteiger partial charge in [-0.1, -0.05) is 11.3 Å². The summed E-state index contributed by atoms with van der Waals surface area (Å²) in [4.78, 5) is 28.6. The third kappa shape index (κ3) is 4.09. The summed E-state index contributed by atoms with van der Waals surface area (Å²) >= 11 is 1.05. The molecule has 0 N–H and O–H groups in total. The van der Waals surface area contributed by atoms with E-state index in [0.29, 0.717) is 23.1 Å². The lowest BCUT2D eigenvalue weighted by atomic mass is 10.2. The van der Waals surface area contributed by atoms with Crippen molar-refractivity contribution in [3.8, 4) is 0 Å². The van der Waals surface area contributed by atoms with Crippen LogP contribution in [-0.4, -0.2) is 55.1 Å². The molecule has 1 unspecified atom stereocenters. The summed E-state index contributed by atoms with van der Waals surface area (Å²) < 4.78 is 45.0. The molecule has 11 heteroatoms. The summed E-state index contributed by atoms with van der Waals surface area (Å²) in [6.45, 7) is 0.0687. The highest BCUT2D eigenvalue weighted by atomic mass is 32.2. The number of carbonyl (C=O) groups excluding carboxylic acids is 2. The lowest BCUT2D eigenvalue weighted by molar-refractivity contribution is -0.141. The lowest BCUT2D eigenvalue weighted by Crippen LogP contribution is -2.40. The minimum atomic E-state index is -3.53. The number of fused-ring (bicyclic) bond motifs is 1. The monoisotopic (exact) mass is 415 g/mol. The Morgan fingerprint density at radius 3 is 2.81 bits per heavy atom. The average molecular weight is 415 g/mol. The zero-order valence-electron chi connectivity index (χ0n) is 14.7.